The lowest BCUT2D eigenvalue weighted by atomic mass is 10.1. The predicted molar refractivity (Wildman–Crippen MR) is 136 cm³/mol. The van der Waals surface area contributed by atoms with Crippen LogP contribution in [-0.4, -0.2) is 42.4 Å². The third-order valence-corrected chi connectivity index (χ3v) is 6.12. The Morgan fingerprint density at radius 3 is 2.03 bits per heavy atom. The minimum Gasteiger partial charge on any atom is -0.444 e. The molecular weight excluding hydrogens is 398 g/mol. The SMILES string of the molecule is CCCCCCCC/C=C/CCCCCCCCOC[C@@H]1CCCN1C(=O)OC(C)(C)C. The fourth-order valence-electron chi connectivity index (χ4n) is 4.24. The number of hydrogen-bond donors (Lipinski definition) is 0. The molecule has 0 aromatic carbocycles. The van der Waals surface area contributed by atoms with Crippen molar-refractivity contribution in [3.63, 3.8) is 0 Å². The maximum Gasteiger partial charge on any atom is 0.410 e. The van der Waals surface area contributed by atoms with Gasteiger partial charge in [-0.15, -0.1) is 0 Å². The zero-order valence-electron chi connectivity index (χ0n) is 21.8. The van der Waals surface area contributed by atoms with Crippen molar-refractivity contribution in [1.29, 1.82) is 0 Å². The van der Waals surface area contributed by atoms with E-state index in [2.05, 4.69) is 19.1 Å². The topological polar surface area (TPSA) is 38.8 Å². The van der Waals surface area contributed by atoms with Gasteiger partial charge in [-0.05, 0) is 65.7 Å². The molecule has 0 radical (unpaired) electrons. The number of carbonyl (C=O) groups excluding carboxylic acids is 1. The Balaban J connectivity index is 1.89. The van der Waals surface area contributed by atoms with Crippen molar-refractivity contribution >= 4 is 6.09 Å². The molecule has 0 bridgehead atoms. The van der Waals surface area contributed by atoms with E-state index < -0.39 is 5.60 Å². The molecule has 4 heteroatoms. The Morgan fingerprint density at radius 2 is 1.44 bits per heavy atom. The average Bonchev–Trinajstić information content (AvgIpc) is 3.20. The molecule has 0 spiro atoms. The van der Waals surface area contributed by atoms with Crippen LogP contribution in [-0.2, 0) is 9.47 Å². The van der Waals surface area contributed by atoms with Crippen molar-refractivity contribution in [2.75, 3.05) is 19.8 Å². The molecule has 32 heavy (non-hydrogen) atoms. The van der Waals surface area contributed by atoms with E-state index in [1.54, 1.807) is 0 Å². The van der Waals surface area contributed by atoms with Crippen LogP contribution in [0.15, 0.2) is 12.2 Å². The van der Waals surface area contributed by atoms with E-state index in [-0.39, 0.29) is 12.1 Å². The highest BCUT2D eigenvalue weighted by Gasteiger charge is 2.32. The summed E-state index contributed by atoms with van der Waals surface area (Å²) in [6.07, 6.45) is 25.2. The second kappa shape index (κ2) is 18.4. The molecule has 0 unspecified atom stereocenters. The second-order valence-electron chi connectivity index (χ2n) is 10.5. The van der Waals surface area contributed by atoms with Gasteiger partial charge in [0.1, 0.15) is 5.60 Å². The van der Waals surface area contributed by atoms with Gasteiger partial charge in [0.2, 0.25) is 0 Å². The lowest BCUT2D eigenvalue weighted by Gasteiger charge is -2.28. The lowest BCUT2D eigenvalue weighted by molar-refractivity contribution is 0.0103. The molecule has 0 N–H and O–H groups in total. The quantitative estimate of drug-likeness (QED) is 0.155. The van der Waals surface area contributed by atoms with E-state index in [9.17, 15) is 4.79 Å². The van der Waals surface area contributed by atoms with Crippen molar-refractivity contribution < 1.29 is 14.3 Å². The van der Waals surface area contributed by atoms with Crippen molar-refractivity contribution in [3.05, 3.63) is 12.2 Å². The normalized spacial score (nSPS) is 16.9. The first-order chi connectivity index (χ1) is 15.4. The summed E-state index contributed by atoms with van der Waals surface area (Å²) in [6, 6.07) is 0.180. The zero-order valence-corrected chi connectivity index (χ0v) is 21.8. The summed E-state index contributed by atoms with van der Waals surface area (Å²) in [5.41, 5.74) is -0.436. The first kappa shape index (κ1) is 29.0. The Kier molecular flexibility index (Phi) is 16.7. The van der Waals surface area contributed by atoms with Gasteiger partial charge in [-0.25, -0.2) is 4.79 Å². The highest BCUT2D eigenvalue weighted by molar-refractivity contribution is 5.68. The standard InChI is InChI=1S/C28H53NO3/c1-5-6-7-8-9-10-11-12-13-14-15-16-17-18-19-20-24-31-25-26-22-21-23-29(26)27(30)32-28(2,3)4/h12-13,26H,5-11,14-25H2,1-4H3/b13-12+/t26-/m0/s1. The Bertz CT molecular complexity index is 484. The van der Waals surface area contributed by atoms with Crippen LogP contribution < -0.4 is 0 Å². The summed E-state index contributed by atoms with van der Waals surface area (Å²) in [6.45, 7) is 10.3. The average molecular weight is 452 g/mol. The molecule has 1 fully saturated rings. The zero-order chi connectivity index (χ0) is 23.5. The number of amides is 1. The number of nitrogens with zero attached hydrogens (tertiary/aromatic N) is 1. The molecule has 1 aliphatic heterocycles. The van der Waals surface area contributed by atoms with E-state index in [0.717, 1.165) is 32.4 Å². The summed E-state index contributed by atoms with van der Waals surface area (Å²) < 4.78 is 11.4. The molecular formula is C28H53NO3. The highest BCUT2D eigenvalue weighted by Crippen LogP contribution is 2.21. The molecule has 1 heterocycles. The molecule has 1 aliphatic rings. The molecule has 0 aromatic rings. The molecule has 1 saturated heterocycles. The largest absolute Gasteiger partial charge is 0.444 e. The number of unbranched alkanes of at least 4 members (excludes halogenated alkanes) is 12. The number of likely N-dealkylation sites (tertiary alicyclic amines) is 1. The number of rotatable bonds is 18. The van der Waals surface area contributed by atoms with Gasteiger partial charge in [0.05, 0.1) is 12.6 Å². The van der Waals surface area contributed by atoms with Gasteiger partial charge in [0.25, 0.3) is 0 Å². The summed E-state index contributed by atoms with van der Waals surface area (Å²) in [7, 11) is 0. The van der Waals surface area contributed by atoms with E-state index >= 15 is 0 Å². The first-order valence-electron chi connectivity index (χ1n) is 13.7. The minimum atomic E-state index is -0.436. The monoisotopic (exact) mass is 451 g/mol. The van der Waals surface area contributed by atoms with Crippen LogP contribution in [0.2, 0.25) is 0 Å². The summed E-state index contributed by atoms with van der Waals surface area (Å²) in [5.74, 6) is 0. The summed E-state index contributed by atoms with van der Waals surface area (Å²) >= 11 is 0. The van der Waals surface area contributed by atoms with Crippen LogP contribution in [0.3, 0.4) is 0 Å². The maximum absolute atomic E-state index is 12.3. The Hall–Kier alpha value is -1.03. The van der Waals surface area contributed by atoms with Crippen molar-refractivity contribution in [3.8, 4) is 0 Å². The van der Waals surface area contributed by atoms with Gasteiger partial charge in [0.15, 0.2) is 0 Å². The number of carbonyl (C=O) groups is 1. The van der Waals surface area contributed by atoms with Gasteiger partial charge in [-0.2, -0.15) is 0 Å². The summed E-state index contributed by atoms with van der Waals surface area (Å²) in [5, 5.41) is 0. The van der Waals surface area contributed by atoms with Gasteiger partial charge >= 0.3 is 6.09 Å². The molecule has 1 atom stereocenters. The third-order valence-electron chi connectivity index (χ3n) is 6.12. The smallest absolute Gasteiger partial charge is 0.410 e. The first-order valence-corrected chi connectivity index (χ1v) is 13.7. The van der Waals surface area contributed by atoms with Gasteiger partial charge in [-0.1, -0.05) is 76.9 Å². The van der Waals surface area contributed by atoms with Crippen LogP contribution in [0.25, 0.3) is 0 Å². The molecule has 0 aliphatic carbocycles. The lowest BCUT2D eigenvalue weighted by Crippen LogP contribution is -2.41. The number of hydrogen-bond acceptors (Lipinski definition) is 3. The van der Waals surface area contributed by atoms with E-state index in [0.29, 0.717) is 6.61 Å². The van der Waals surface area contributed by atoms with E-state index in [1.807, 2.05) is 25.7 Å². The second-order valence-corrected chi connectivity index (χ2v) is 10.5. The number of allylic oxidation sites excluding steroid dienone is 2. The fraction of sp³-hybridized carbons (Fsp3) is 0.893. The van der Waals surface area contributed by atoms with Crippen molar-refractivity contribution in [2.45, 2.75) is 142 Å². The Morgan fingerprint density at radius 1 is 0.875 bits per heavy atom. The van der Waals surface area contributed by atoms with Crippen LogP contribution in [0.5, 0.6) is 0 Å². The summed E-state index contributed by atoms with van der Waals surface area (Å²) in [4.78, 5) is 14.2. The molecule has 1 amide bonds. The molecule has 4 nitrogen and oxygen atoms in total. The molecule has 188 valence electrons. The van der Waals surface area contributed by atoms with E-state index in [1.165, 1.54) is 83.5 Å². The third kappa shape index (κ3) is 15.7. The van der Waals surface area contributed by atoms with Crippen molar-refractivity contribution in [2.24, 2.45) is 0 Å². The van der Waals surface area contributed by atoms with Crippen molar-refractivity contribution in [1.82, 2.24) is 4.90 Å². The predicted octanol–water partition coefficient (Wildman–Crippen LogP) is 8.44. The minimum absolute atomic E-state index is 0.180. The fourth-order valence-corrected chi connectivity index (χ4v) is 4.24. The molecule has 0 aromatic heterocycles. The van der Waals surface area contributed by atoms with Gasteiger partial charge in [0, 0.05) is 13.2 Å². The molecule has 1 rings (SSSR count). The highest BCUT2D eigenvalue weighted by atomic mass is 16.6. The number of ether oxygens (including phenoxy) is 2. The van der Waals surface area contributed by atoms with E-state index in [4.69, 9.17) is 9.47 Å². The maximum atomic E-state index is 12.3. The van der Waals surface area contributed by atoms with Crippen LogP contribution in [0.4, 0.5) is 4.79 Å². The van der Waals surface area contributed by atoms with Crippen LogP contribution in [0.1, 0.15) is 130 Å². The van der Waals surface area contributed by atoms with Crippen LogP contribution >= 0.6 is 0 Å². The van der Waals surface area contributed by atoms with Gasteiger partial charge < -0.3 is 14.4 Å². The molecule has 0 saturated carbocycles. The Labute approximate surface area is 199 Å². The van der Waals surface area contributed by atoms with Gasteiger partial charge in [-0.3, -0.25) is 0 Å². The van der Waals surface area contributed by atoms with Crippen LogP contribution in [0, 0.1) is 0 Å².